The molecule has 0 atom stereocenters. The van der Waals surface area contributed by atoms with E-state index >= 15 is 0 Å². The minimum absolute atomic E-state index is 0.276. The summed E-state index contributed by atoms with van der Waals surface area (Å²) in [6.45, 7) is 1.90. The Bertz CT molecular complexity index is 329. The Morgan fingerprint density at radius 2 is 2.12 bits per heavy atom. The topological polar surface area (TPSA) is 24.5 Å². The van der Waals surface area contributed by atoms with Crippen molar-refractivity contribution in [3.8, 4) is 5.75 Å². The lowest BCUT2D eigenvalue weighted by Gasteiger charge is -2.11. The molecule has 1 aromatic carbocycles. The molecule has 1 aromatic rings. The first kappa shape index (κ1) is 12.8. The molecule has 0 aliphatic rings. The van der Waals surface area contributed by atoms with E-state index in [0.29, 0.717) is 0 Å². The molecule has 4 heteroatoms. The molecule has 0 aromatic heterocycles. The van der Waals surface area contributed by atoms with Crippen molar-refractivity contribution in [3.63, 3.8) is 0 Å². The number of nitrogens with zero attached hydrogens (tertiary/aromatic N) is 1. The van der Waals surface area contributed by atoms with Crippen LogP contribution in [0.5, 0.6) is 5.75 Å². The zero-order valence-corrected chi connectivity index (χ0v) is 10.1. The first-order valence-electron chi connectivity index (χ1n) is 5.35. The van der Waals surface area contributed by atoms with Crippen LogP contribution in [0.4, 0.5) is 10.1 Å². The highest BCUT2D eigenvalue weighted by Gasteiger charge is 2.02. The first-order chi connectivity index (χ1) is 7.63. The monoisotopic (exact) mass is 226 g/mol. The summed E-state index contributed by atoms with van der Waals surface area (Å²) < 4.78 is 18.0. The number of methoxy groups -OCH3 is 1. The predicted octanol–water partition coefficient (Wildman–Crippen LogP) is 2.20. The third-order valence-corrected chi connectivity index (χ3v) is 2.26. The average Bonchev–Trinajstić information content (AvgIpc) is 2.26. The molecular formula is C12H19FN2O. The summed E-state index contributed by atoms with van der Waals surface area (Å²) in [5.74, 6) is -0.0565. The molecule has 0 saturated carbocycles. The van der Waals surface area contributed by atoms with Gasteiger partial charge in [-0.2, -0.15) is 0 Å². The lowest BCUT2D eigenvalue weighted by molar-refractivity contribution is 0.386. The maximum Gasteiger partial charge on any atom is 0.165 e. The standard InChI is InChI=1S/C12H19FN2O/c1-15(2)8-4-7-14-10-5-6-11(13)12(9-10)16-3/h5-6,9,14H,4,7-8H2,1-3H3. The molecule has 0 radical (unpaired) electrons. The summed E-state index contributed by atoms with van der Waals surface area (Å²) in [4.78, 5) is 2.13. The van der Waals surface area contributed by atoms with Gasteiger partial charge in [0, 0.05) is 18.3 Å². The van der Waals surface area contributed by atoms with E-state index < -0.39 is 0 Å². The van der Waals surface area contributed by atoms with E-state index in [-0.39, 0.29) is 11.6 Å². The summed E-state index contributed by atoms with van der Waals surface area (Å²) in [5, 5.41) is 3.23. The Hall–Kier alpha value is -1.29. The number of ether oxygens (including phenoxy) is 1. The fourth-order valence-electron chi connectivity index (χ4n) is 1.40. The zero-order valence-electron chi connectivity index (χ0n) is 10.1. The smallest absolute Gasteiger partial charge is 0.165 e. The zero-order chi connectivity index (χ0) is 12.0. The molecule has 1 rings (SSSR count). The summed E-state index contributed by atoms with van der Waals surface area (Å²) in [5.41, 5.74) is 0.886. The lowest BCUT2D eigenvalue weighted by Crippen LogP contribution is -2.16. The van der Waals surface area contributed by atoms with Gasteiger partial charge in [-0.1, -0.05) is 0 Å². The van der Waals surface area contributed by atoms with Gasteiger partial charge in [-0.15, -0.1) is 0 Å². The van der Waals surface area contributed by atoms with Crippen molar-refractivity contribution in [1.82, 2.24) is 4.90 Å². The van der Waals surface area contributed by atoms with Crippen LogP contribution in [-0.2, 0) is 0 Å². The van der Waals surface area contributed by atoms with Crippen LogP contribution < -0.4 is 10.1 Å². The highest BCUT2D eigenvalue weighted by Crippen LogP contribution is 2.21. The SMILES string of the molecule is COc1cc(NCCCN(C)C)ccc1F. The molecule has 0 bridgehead atoms. The fraction of sp³-hybridized carbons (Fsp3) is 0.500. The number of rotatable bonds is 6. The quantitative estimate of drug-likeness (QED) is 0.753. The van der Waals surface area contributed by atoms with Crippen molar-refractivity contribution in [3.05, 3.63) is 24.0 Å². The van der Waals surface area contributed by atoms with Crippen molar-refractivity contribution in [1.29, 1.82) is 0 Å². The molecule has 0 amide bonds. The van der Waals surface area contributed by atoms with Crippen molar-refractivity contribution in [2.45, 2.75) is 6.42 Å². The minimum Gasteiger partial charge on any atom is -0.494 e. The average molecular weight is 226 g/mol. The second kappa shape index (κ2) is 6.33. The Morgan fingerprint density at radius 1 is 1.38 bits per heavy atom. The van der Waals surface area contributed by atoms with Crippen LogP contribution in [0.1, 0.15) is 6.42 Å². The highest BCUT2D eigenvalue weighted by atomic mass is 19.1. The summed E-state index contributed by atoms with van der Waals surface area (Å²) in [6, 6.07) is 4.80. The molecule has 0 unspecified atom stereocenters. The number of hydrogen-bond acceptors (Lipinski definition) is 3. The summed E-state index contributed by atoms with van der Waals surface area (Å²) >= 11 is 0. The summed E-state index contributed by atoms with van der Waals surface area (Å²) in [6.07, 6.45) is 1.05. The molecule has 0 fully saturated rings. The second-order valence-corrected chi connectivity index (χ2v) is 3.93. The van der Waals surface area contributed by atoms with Gasteiger partial charge in [0.2, 0.25) is 0 Å². The molecule has 16 heavy (non-hydrogen) atoms. The van der Waals surface area contributed by atoms with Crippen molar-refractivity contribution >= 4 is 5.69 Å². The van der Waals surface area contributed by atoms with E-state index in [1.54, 1.807) is 12.1 Å². The van der Waals surface area contributed by atoms with Gasteiger partial charge in [0.05, 0.1) is 7.11 Å². The van der Waals surface area contributed by atoms with Crippen LogP contribution in [0.2, 0.25) is 0 Å². The van der Waals surface area contributed by atoms with Crippen molar-refractivity contribution < 1.29 is 9.13 Å². The molecule has 0 aliphatic carbocycles. The molecule has 0 saturated heterocycles. The van der Waals surface area contributed by atoms with Gasteiger partial charge in [-0.05, 0) is 39.2 Å². The van der Waals surface area contributed by atoms with Gasteiger partial charge in [-0.25, -0.2) is 4.39 Å². The van der Waals surface area contributed by atoms with Crippen molar-refractivity contribution in [2.24, 2.45) is 0 Å². The lowest BCUT2D eigenvalue weighted by atomic mass is 10.2. The number of benzene rings is 1. The fourth-order valence-corrected chi connectivity index (χ4v) is 1.40. The first-order valence-corrected chi connectivity index (χ1v) is 5.35. The highest BCUT2D eigenvalue weighted by molar-refractivity contribution is 5.48. The van der Waals surface area contributed by atoms with Gasteiger partial charge in [0.1, 0.15) is 0 Å². The minimum atomic E-state index is -0.332. The third-order valence-electron chi connectivity index (χ3n) is 2.26. The van der Waals surface area contributed by atoms with E-state index in [1.165, 1.54) is 13.2 Å². The van der Waals surface area contributed by atoms with Gasteiger partial charge >= 0.3 is 0 Å². The normalized spacial score (nSPS) is 10.6. The van der Waals surface area contributed by atoms with Crippen LogP contribution in [0, 0.1) is 5.82 Å². The number of halogens is 1. The van der Waals surface area contributed by atoms with E-state index in [4.69, 9.17) is 4.74 Å². The molecule has 3 nitrogen and oxygen atoms in total. The Kier molecular flexibility index (Phi) is 5.05. The Labute approximate surface area is 96.2 Å². The van der Waals surface area contributed by atoms with Gasteiger partial charge < -0.3 is 15.0 Å². The van der Waals surface area contributed by atoms with Crippen LogP contribution in [-0.4, -0.2) is 39.2 Å². The number of anilines is 1. The molecule has 1 N–H and O–H groups in total. The molecule has 90 valence electrons. The Balaban J connectivity index is 2.42. The van der Waals surface area contributed by atoms with Crippen molar-refractivity contribution in [2.75, 3.05) is 39.6 Å². The molecule has 0 heterocycles. The molecule has 0 spiro atoms. The molecule has 0 aliphatic heterocycles. The van der Waals surface area contributed by atoms with Gasteiger partial charge in [0.15, 0.2) is 11.6 Å². The molecular weight excluding hydrogens is 207 g/mol. The van der Waals surface area contributed by atoms with Crippen LogP contribution in [0.3, 0.4) is 0 Å². The largest absolute Gasteiger partial charge is 0.494 e. The van der Waals surface area contributed by atoms with E-state index in [2.05, 4.69) is 10.2 Å². The predicted molar refractivity (Wildman–Crippen MR) is 64.6 cm³/mol. The van der Waals surface area contributed by atoms with Crippen LogP contribution in [0.15, 0.2) is 18.2 Å². The van der Waals surface area contributed by atoms with Crippen LogP contribution >= 0.6 is 0 Å². The number of hydrogen-bond donors (Lipinski definition) is 1. The third kappa shape index (κ3) is 4.06. The Morgan fingerprint density at radius 3 is 2.75 bits per heavy atom. The van der Waals surface area contributed by atoms with Gasteiger partial charge in [-0.3, -0.25) is 0 Å². The van der Waals surface area contributed by atoms with Gasteiger partial charge in [0.25, 0.3) is 0 Å². The van der Waals surface area contributed by atoms with E-state index in [1.807, 2.05) is 14.1 Å². The maximum atomic E-state index is 13.1. The van der Waals surface area contributed by atoms with E-state index in [0.717, 1.165) is 25.2 Å². The maximum absolute atomic E-state index is 13.1. The summed E-state index contributed by atoms with van der Waals surface area (Å²) in [7, 11) is 5.55. The second-order valence-electron chi connectivity index (χ2n) is 3.93. The van der Waals surface area contributed by atoms with E-state index in [9.17, 15) is 4.39 Å². The number of nitrogens with one attached hydrogen (secondary N) is 1. The van der Waals surface area contributed by atoms with Crippen LogP contribution in [0.25, 0.3) is 0 Å².